The van der Waals surface area contributed by atoms with Crippen molar-refractivity contribution in [3.63, 3.8) is 0 Å². The Bertz CT molecular complexity index is 287. The Hall–Kier alpha value is -1.10. The van der Waals surface area contributed by atoms with E-state index < -0.39 is 6.10 Å². The monoisotopic (exact) mass is 226 g/mol. The molecule has 0 aromatic carbocycles. The van der Waals surface area contributed by atoms with E-state index in [0.29, 0.717) is 0 Å². The predicted molar refractivity (Wildman–Crippen MR) is 57.9 cm³/mol. The van der Waals surface area contributed by atoms with Crippen molar-refractivity contribution in [1.29, 1.82) is 0 Å². The number of urea groups is 1. The third-order valence-corrected chi connectivity index (χ3v) is 3.39. The molecule has 1 saturated heterocycles. The van der Waals surface area contributed by atoms with Crippen LogP contribution in [0.1, 0.15) is 32.1 Å². The summed E-state index contributed by atoms with van der Waals surface area (Å²) < 4.78 is 5.07. The number of hydrogen-bond donors (Lipinski definition) is 1. The van der Waals surface area contributed by atoms with Crippen LogP contribution in [0.4, 0.5) is 4.79 Å². The molecule has 2 fully saturated rings. The molecule has 1 aliphatic carbocycles. The van der Waals surface area contributed by atoms with Crippen LogP contribution in [0, 0.1) is 0 Å². The Balaban J connectivity index is 2.09. The second-order valence-electron chi connectivity index (χ2n) is 4.41. The highest BCUT2D eigenvalue weighted by Crippen LogP contribution is 2.24. The molecule has 1 N–H and O–H groups in total. The third-order valence-electron chi connectivity index (χ3n) is 3.39. The van der Waals surface area contributed by atoms with E-state index in [1.165, 1.54) is 18.4 Å². The summed E-state index contributed by atoms with van der Waals surface area (Å²) in [4.78, 5) is 25.1. The number of methoxy groups -OCH3 is 1. The van der Waals surface area contributed by atoms with Crippen molar-refractivity contribution >= 4 is 11.9 Å². The molecule has 5 nitrogen and oxygen atoms in total. The Morgan fingerprint density at radius 2 is 1.94 bits per heavy atom. The molecule has 1 heterocycles. The van der Waals surface area contributed by atoms with Crippen LogP contribution in [0.3, 0.4) is 0 Å². The number of rotatable bonds is 2. The van der Waals surface area contributed by atoms with E-state index in [9.17, 15) is 9.59 Å². The van der Waals surface area contributed by atoms with Crippen molar-refractivity contribution in [3.05, 3.63) is 0 Å². The van der Waals surface area contributed by atoms with Crippen molar-refractivity contribution in [2.24, 2.45) is 0 Å². The van der Waals surface area contributed by atoms with Gasteiger partial charge in [-0.2, -0.15) is 0 Å². The highest BCUT2D eigenvalue weighted by molar-refractivity contribution is 5.99. The van der Waals surface area contributed by atoms with Gasteiger partial charge in [0.15, 0.2) is 6.10 Å². The van der Waals surface area contributed by atoms with Gasteiger partial charge in [0.1, 0.15) is 0 Å². The maximum absolute atomic E-state index is 12.0. The second-order valence-corrected chi connectivity index (χ2v) is 4.41. The number of ether oxygens (including phenoxy) is 1. The average molecular weight is 226 g/mol. The van der Waals surface area contributed by atoms with Gasteiger partial charge >= 0.3 is 6.03 Å². The van der Waals surface area contributed by atoms with Crippen molar-refractivity contribution in [2.45, 2.75) is 44.2 Å². The SMILES string of the molecule is COC1CNC(=O)N(C2CCCCC2)C1=O. The maximum Gasteiger partial charge on any atom is 0.324 e. The number of amides is 3. The zero-order valence-corrected chi connectivity index (χ0v) is 9.57. The predicted octanol–water partition coefficient (Wildman–Crippen LogP) is 0.886. The number of nitrogens with one attached hydrogen (secondary N) is 1. The molecule has 1 unspecified atom stereocenters. The minimum atomic E-state index is -0.514. The van der Waals surface area contributed by atoms with Crippen LogP contribution in [-0.4, -0.2) is 42.6 Å². The van der Waals surface area contributed by atoms with Crippen LogP contribution in [0.2, 0.25) is 0 Å². The fourth-order valence-electron chi connectivity index (χ4n) is 2.48. The van der Waals surface area contributed by atoms with E-state index in [1.807, 2.05) is 0 Å². The van der Waals surface area contributed by atoms with Gasteiger partial charge in [-0.3, -0.25) is 9.69 Å². The number of nitrogens with zero attached hydrogens (tertiary/aromatic N) is 1. The topological polar surface area (TPSA) is 58.6 Å². The van der Waals surface area contributed by atoms with Gasteiger partial charge in [0.25, 0.3) is 5.91 Å². The van der Waals surface area contributed by atoms with Crippen molar-refractivity contribution in [1.82, 2.24) is 10.2 Å². The molecule has 2 rings (SSSR count). The lowest BCUT2D eigenvalue weighted by molar-refractivity contribution is -0.143. The van der Waals surface area contributed by atoms with Crippen molar-refractivity contribution in [2.75, 3.05) is 13.7 Å². The molecule has 0 spiro atoms. The Kier molecular flexibility index (Phi) is 3.43. The lowest BCUT2D eigenvalue weighted by Crippen LogP contribution is -2.61. The molecule has 5 heteroatoms. The molecule has 1 atom stereocenters. The average Bonchev–Trinajstić information content (AvgIpc) is 2.31. The number of carbonyl (C=O) groups is 2. The summed E-state index contributed by atoms with van der Waals surface area (Å²) in [5.74, 6) is -0.182. The fraction of sp³-hybridized carbons (Fsp3) is 0.818. The van der Waals surface area contributed by atoms with Crippen molar-refractivity contribution in [3.8, 4) is 0 Å². The van der Waals surface area contributed by atoms with Gasteiger partial charge in [-0.25, -0.2) is 4.79 Å². The minimum Gasteiger partial charge on any atom is -0.370 e. The molecule has 0 aromatic heterocycles. The smallest absolute Gasteiger partial charge is 0.324 e. The first-order valence-corrected chi connectivity index (χ1v) is 5.87. The van der Waals surface area contributed by atoms with E-state index in [-0.39, 0.29) is 24.5 Å². The molecule has 0 aromatic rings. The molecule has 3 amide bonds. The van der Waals surface area contributed by atoms with E-state index in [1.54, 1.807) is 0 Å². The lowest BCUT2D eigenvalue weighted by Gasteiger charge is -2.37. The van der Waals surface area contributed by atoms with Crippen LogP contribution in [-0.2, 0) is 9.53 Å². The molecular formula is C11H18N2O3. The first kappa shape index (κ1) is 11.4. The summed E-state index contributed by atoms with van der Waals surface area (Å²) in [6, 6.07) is -0.190. The van der Waals surface area contributed by atoms with E-state index in [0.717, 1.165) is 25.7 Å². The van der Waals surface area contributed by atoms with Crippen LogP contribution >= 0.6 is 0 Å². The van der Waals surface area contributed by atoms with Crippen LogP contribution in [0.25, 0.3) is 0 Å². The fourth-order valence-corrected chi connectivity index (χ4v) is 2.48. The zero-order valence-electron chi connectivity index (χ0n) is 9.57. The van der Waals surface area contributed by atoms with E-state index >= 15 is 0 Å². The first-order chi connectivity index (χ1) is 7.74. The first-order valence-electron chi connectivity index (χ1n) is 5.87. The zero-order chi connectivity index (χ0) is 11.5. The van der Waals surface area contributed by atoms with Gasteiger partial charge in [0.05, 0.1) is 6.54 Å². The van der Waals surface area contributed by atoms with Crippen LogP contribution in [0.15, 0.2) is 0 Å². The molecular weight excluding hydrogens is 208 g/mol. The molecule has 0 bridgehead atoms. The maximum atomic E-state index is 12.0. The van der Waals surface area contributed by atoms with Gasteiger partial charge in [-0.15, -0.1) is 0 Å². The summed E-state index contributed by atoms with van der Waals surface area (Å²) in [6.45, 7) is 0.289. The quantitative estimate of drug-likeness (QED) is 0.760. The number of hydrogen-bond acceptors (Lipinski definition) is 3. The second kappa shape index (κ2) is 4.82. The normalized spacial score (nSPS) is 28.1. The largest absolute Gasteiger partial charge is 0.370 e. The van der Waals surface area contributed by atoms with E-state index in [2.05, 4.69) is 5.32 Å². The highest BCUT2D eigenvalue weighted by Gasteiger charge is 2.38. The summed E-state index contributed by atoms with van der Waals surface area (Å²) in [6.07, 6.45) is 4.73. The molecule has 90 valence electrons. The van der Waals surface area contributed by atoms with Crippen LogP contribution in [0.5, 0.6) is 0 Å². The van der Waals surface area contributed by atoms with Gasteiger partial charge < -0.3 is 10.1 Å². The minimum absolute atomic E-state index is 0.0687. The lowest BCUT2D eigenvalue weighted by atomic mass is 9.93. The number of carbonyl (C=O) groups excluding carboxylic acids is 2. The Morgan fingerprint density at radius 1 is 1.25 bits per heavy atom. The summed E-state index contributed by atoms with van der Waals surface area (Å²) in [5, 5.41) is 2.70. The summed E-state index contributed by atoms with van der Waals surface area (Å²) in [7, 11) is 1.50. The standard InChI is InChI=1S/C11H18N2O3/c1-16-9-7-12-11(15)13(10(9)14)8-5-3-2-4-6-8/h8-9H,2-7H2,1H3,(H,12,15). The van der Waals surface area contributed by atoms with E-state index in [4.69, 9.17) is 4.74 Å². The summed E-state index contributed by atoms with van der Waals surface area (Å²) in [5.41, 5.74) is 0. The molecule has 1 aliphatic heterocycles. The molecule has 16 heavy (non-hydrogen) atoms. The number of imide groups is 1. The van der Waals surface area contributed by atoms with Crippen molar-refractivity contribution < 1.29 is 14.3 Å². The molecule has 0 radical (unpaired) electrons. The van der Waals surface area contributed by atoms with Gasteiger partial charge in [-0.1, -0.05) is 19.3 Å². The van der Waals surface area contributed by atoms with Gasteiger partial charge in [0.2, 0.25) is 0 Å². The van der Waals surface area contributed by atoms with Crippen LogP contribution < -0.4 is 5.32 Å². The Labute approximate surface area is 95.1 Å². The third kappa shape index (κ3) is 2.04. The summed E-state index contributed by atoms with van der Waals surface area (Å²) >= 11 is 0. The highest BCUT2D eigenvalue weighted by atomic mass is 16.5. The Morgan fingerprint density at radius 3 is 2.56 bits per heavy atom. The van der Waals surface area contributed by atoms with Gasteiger partial charge in [0, 0.05) is 13.2 Å². The van der Waals surface area contributed by atoms with Gasteiger partial charge in [-0.05, 0) is 12.8 Å². The molecule has 1 saturated carbocycles. The molecule has 2 aliphatic rings.